The van der Waals surface area contributed by atoms with E-state index in [-0.39, 0.29) is 0 Å². The molecule has 2 rings (SSSR count). The molecule has 0 atom stereocenters. The van der Waals surface area contributed by atoms with Crippen LogP contribution in [0.4, 0.5) is 0 Å². The second kappa shape index (κ2) is 7.45. The predicted octanol–water partition coefficient (Wildman–Crippen LogP) is 1.97. The van der Waals surface area contributed by atoms with E-state index in [9.17, 15) is 8.42 Å². The standard InChI is InChI=1S/C14H22N2O2S2/c1-19-9-3-8-16-20(17,18)14-5-2-4-12(10-14)11-15-13-6-7-13/h2,4-5,10,13,15-16H,3,6-9,11H2,1H3. The molecule has 2 N–H and O–H groups in total. The van der Waals surface area contributed by atoms with Gasteiger partial charge in [-0.2, -0.15) is 11.8 Å². The van der Waals surface area contributed by atoms with Crippen LogP contribution < -0.4 is 10.0 Å². The second-order valence-corrected chi connectivity index (χ2v) is 7.80. The summed E-state index contributed by atoms with van der Waals surface area (Å²) in [6.45, 7) is 1.23. The Balaban J connectivity index is 1.93. The second-order valence-electron chi connectivity index (χ2n) is 5.05. The molecule has 0 aromatic heterocycles. The summed E-state index contributed by atoms with van der Waals surface area (Å²) in [4.78, 5) is 0.358. The highest BCUT2D eigenvalue weighted by atomic mass is 32.2. The Morgan fingerprint density at radius 1 is 1.35 bits per heavy atom. The highest BCUT2D eigenvalue weighted by molar-refractivity contribution is 7.98. The molecule has 1 fully saturated rings. The van der Waals surface area contributed by atoms with Gasteiger partial charge in [0, 0.05) is 19.1 Å². The lowest BCUT2D eigenvalue weighted by molar-refractivity contribution is 0.580. The van der Waals surface area contributed by atoms with Crippen molar-refractivity contribution in [2.45, 2.75) is 36.7 Å². The van der Waals surface area contributed by atoms with E-state index in [1.165, 1.54) is 12.8 Å². The number of hydrogen-bond donors (Lipinski definition) is 2. The van der Waals surface area contributed by atoms with E-state index in [0.29, 0.717) is 17.5 Å². The molecule has 6 heteroatoms. The van der Waals surface area contributed by atoms with Gasteiger partial charge in [-0.1, -0.05) is 12.1 Å². The summed E-state index contributed by atoms with van der Waals surface area (Å²) >= 11 is 1.72. The molecule has 20 heavy (non-hydrogen) atoms. The zero-order valence-corrected chi connectivity index (χ0v) is 13.4. The van der Waals surface area contributed by atoms with Gasteiger partial charge in [-0.25, -0.2) is 13.1 Å². The molecule has 1 aromatic rings. The largest absolute Gasteiger partial charge is 0.310 e. The normalized spacial score (nSPS) is 15.4. The maximum Gasteiger partial charge on any atom is 0.240 e. The van der Waals surface area contributed by atoms with Gasteiger partial charge in [0.1, 0.15) is 0 Å². The predicted molar refractivity (Wildman–Crippen MR) is 84.5 cm³/mol. The van der Waals surface area contributed by atoms with Gasteiger partial charge in [0.05, 0.1) is 4.90 Å². The molecule has 1 aliphatic carbocycles. The first-order chi connectivity index (χ1) is 9.62. The van der Waals surface area contributed by atoms with Crippen LogP contribution >= 0.6 is 11.8 Å². The van der Waals surface area contributed by atoms with Gasteiger partial charge >= 0.3 is 0 Å². The third kappa shape index (κ3) is 5.09. The third-order valence-corrected chi connectivity index (χ3v) is 5.35. The van der Waals surface area contributed by atoms with E-state index in [0.717, 1.165) is 24.3 Å². The van der Waals surface area contributed by atoms with Gasteiger partial charge in [-0.3, -0.25) is 0 Å². The van der Waals surface area contributed by atoms with Crippen molar-refractivity contribution in [3.8, 4) is 0 Å². The molecule has 0 aliphatic heterocycles. The van der Waals surface area contributed by atoms with Gasteiger partial charge in [-0.05, 0) is 49.0 Å². The Bertz CT molecular complexity index is 528. The van der Waals surface area contributed by atoms with E-state index < -0.39 is 10.0 Å². The first kappa shape index (κ1) is 15.8. The number of thioether (sulfide) groups is 1. The van der Waals surface area contributed by atoms with Crippen molar-refractivity contribution >= 4 is 21.8 Å². The van der Waals surface area contributed by atoms with Crippen LogP contribution in [0.3, 0.4) is 0 Å². The number of rotatable bonds is 9. The lowest BCUT2D eigenvalue weighted by Gasteiger charge is -2.09. The van der Waals surface area contributed by atoms with Crippen molar-refractivity contribution in [1.82, 2.24) is 10.0 Å². The van der Waals surface area contributed by atoms with Gasteiger partial charge < -0.3 is 5.32 Å². The maximum atomic E-state index is 12.2. The molecule has 0 unspecified atom stereocenters. The molecule has 1 saturated carbocycles. The number of hydrogen-bond acceptors (Lipinski definition) is 4. The molecule has 0 radical (unpaired) electrons. The topological polar surface area (TPSA) is 58.2 Å². The fraction of sp³-hybridized carbons (Fsp3) is 0.571. The fourth-order valence-corrected chi connectivity index (χ4v) is 3.46. The van der Waals surface area contributed by atoms with Crippen molar-refractivity contribution in [1.29, 1.82) is 0 Å². The van der Waals surface area contributed by atoms with Crippen LogP contribution in [0.15, 0.2) is 29.2 Å². The molecule has 1 aromatic carbocycles. The van der Waals surface area contributed by atoms with Crippen molar-refractivity contribution in [2.75, 3.05) is 18.6 Å². The molecule has 4 nitrogen and oxygen atoms in total. The third-order valence-electron chi connectivity index (χ3n) is 3.20. The lowest BCUT2D eigenvalue weighted by atomic mass is 10.2. The highest BCUT2D eigenvalue weighted by Crippen LogP contribution is 2.19. The Labute approximate surface area is 125 Å². The van der Waals surface area contributed by atoms with Crippen LogP contribution in [-0.2, 0) is 16.6 Å². The summed E-state index contributed by atoms with van der Waals surface area (Å²) < 4.78 is 27.0. The fourth-order valence-electron chi connectivity index (χ4n) is 1.88. The Morgan fingerprint density at radius 2 is 2.15 bits per heavy atom. The Morgan fingerprint density at radius 3 is 2.85 bits per heavy atom. The van der Waals surface area contributed by atoms with Crippen LogP contribution in [-0.4, -0.2) is 33.0 Å². The summed E-state index contributed by atoms with van der Waals surface area (Å²) in [5.74, 6) is 0.966. The summed E-state index contributed by atoms with van der Waals surface area (Å²) in [6, 6.07) is 7.80. The van der Waals surface area contributed by atoms with Crippen molar-refractivity contribution in [3.05, 3.63) is 29.8 Å². The van der Waals surface area contributed by atoms with Crippen molar-refractivity contribution in [3.63, 3.8) is 0 Å². The van der Waals surface area contributed by atoms with E-state index in [4.69, 9.17) is 0 Å². The molecular formula is C14H22N2O2S2. The van der Waals surface area contributed by atoms with E-state index in [1.54, 1.807) is 30.0 Å². The monoisotopic (exact) mass is 314 g/mol. The first-order valence-electron chi connectivity index (χ1n) is 6.93. The maximum absolute atomic E-state index is 12.2. The number of sulfonamides is 1. The quantitative estimate of drug-likeness (QED) is 0.684. The summed E-state index contributed by atoms with van der Waals surface area (Å²) in [5.41, 5.74) is 1.02. The minimum atomic E-state index is -3.37. The Hall–Kier alpha value is -0.560. The average molecular weight is 314 g/mol. The molecule has 112 valence electrons. The summed E-state index contributed by atoms with van der Waals surface area (Å²) in [5, 5.41) is 3.39. The zero-order chi connectivity index (χ0) is 14.4. The minimum Gasteiger partial charge on any atom is -0.310 e. The molecule has 0 bridgehead atoms. The molecule has 0 amide bonds. The number of nitrogens with one attached hydrogen (secondary N) is 2. The highest BCUT2D eigenvalue weighted by Gasteiger charge is 2.20. The zero-order valence-electron chi connectivity index (χ0n) is 11.8. The summed E-state index contributed by atoms with van der Waals surface area (Å²) in [6.07, 6.45) is 5.33. The van der Waals surface area contributed by atoms with Gasteiger partial charge in [0.2, 0.25) is 10.0 Å². The molecule has 1 aliphatic rings. The van der Waals surface area contributed by atoms with E-state index in [2.05, 4.69) is 10.0 Å². The average Bonchev–Trinajstić information content (AvgIpc) is 3.26. The van der Waals surface area contributed by atoms with Gasteiger partial charge in [0.15, 0.2) is 0 Å². The molecule has 0 heterocycles. The van der Waals surface area contributed by atoms with Crippen LogP contribution in [0.5, 0.6) is 0 Å². The van der Waals surface area contributed by atoms with E-state index >= 15 is 0 Å². The van der Waals surface area contributed by atoms with E-state index in [1.807, 2.05) is 12.3 Å². The van der Waals surface area contributed by atoms with Crippen LogP contribution in [0.2, 0.25) is 0 Å². The lowest BCUT2D eigenvalue weighted by Crippen LogP contribution is -2.25. The summed E-state index contributed by atoms with van der Waals surface area (Å²) in [7, 11) is -3.37. The minimum absolute atomic E-state index is 0.358. The smallest absolute Gasteiger partial charge is 0.240 e. The first-order valence-corrected chi connectivity index (χ1v) is 9.80. The Kier molecular flexibility index (Phi) is 5.89. The molecular weight excluding hydrogens is 292 g/mol. The van der Waals surface area contributed by atoms with Crippen LogP contribution in [0.25, 0.3) is 0 Å². The van der Waals surface area contributed by atoms with Gasteiger partial charge in [-0.15, -0.1) is 0 Å². The molecule has 0 saturated heterocycles. The van der Waals surface area contributed by atoms with Crippen LogP contribution in [0.1, 0.15) is 24.8 Å². The molecule has 0 spiro atoms. The van der Waals surface area contributed by atoms with Crippen LogP contribution in [0, 0.1) is 0 Å². The van der Waals surface area contributed by atoms with Crippen molar-refractivity contribution in [2.24, 2.45) is 0 Å². The van der Waals surface area contributed by atoms with Gasteiger partial charge in [0.25, 0.3) is 0 Å². The van der Waals surface area contributed by atoms with Crippen molar-refractivity contribution < 1.29 is 8.42 Å². The number of benzene rings is 1. The SMILES string of the molecule is CSCCCNS(=O)(=O)c1cccc(CNC2CC2)c1.